The maximum Gasteiger partial charge on any atom is 0.245 e. The Morgan fingerprint density at radius 3 is 2.83 bits per heavy atom. The van der Waals surface area contributed by atoms with Gasteiger partial charge in [-0.1, -0.05) is 6.07 Å². The lowest BCUT2D eigenvalue weighted by atomic mass is 10.00. The lowest BCUT2D eigenvalue weighted by Crippen LogP contribution is -2.44. The number of hydrogen-bond donors (Lipinski definition) is 1. The monoisotopic (exact) mass is 241 g/mol. The van der Waals surface area contributed by atoms with E-state index in [9.17, 15) is 4.79 Å². The largest absolute Gasteiger partial charge is 0.334 e. The van der Waals surface area contributed by atoms with Gasteiger partial charge in [-0.05, 0) is 43.9 Å². The Morgan fingerprint density at radius 1 is 1.44 bits per heavy atom. The summed E-state index contributed by atoms with van der Waals surface area (Å²) in [6.07, 6.45) is 8.23. The number of carbonyl (C=O) groups is 1. The first kappa shape index (κ1) is 12.3. The zero-order valence-electron chi connectivity index (χ0n) is 10.1. The molecule has 0 bridgehead atoms. The predicted octanol–water partition coefficient (Wildman–Crippen LogP) is 2.05. The summed E-state index contributed by atoms with van der Waals surface area (Å²) in [5.41, 5.74) is 0.0658. The first-order chi connectivity index (χ1) is 8.74. The van der Waals surface area contributed by atoms with E-state index in [1.165, 1.54) is 6.08 Å². The Morgan fingerprint density at radius 2 is 2.22 bits per heavy atom. The van der Waals surface area contributed by atoms with Crippen LogP contribution in [0, 0.1) is 11.3 Å². The normalized spacial score (nSPS) is 17.5. The number of nitrogens with one attached hydrogen (secondary N) is 1. The van der Waals surface area contributed by atoms with E-state index in [1.807, 2.05) is 18.2 Å². The van der Waals surface area contributed by atoms with Crippen LogP contribution >= 0.6 is 0 Å². The van der Waals surface area contributed by atoms with Crippen LogP contribution in [0.5, 0.6) is 0 Å². The van der Waals surface area contributed by atoms with E-state index in [0.29, 0.717) is 0 Å². The van der Waals surface area contributed by atoms with E-state index >= 15 is 0 Å². The fourth-order valence-corrected chi connectivity index (χ4v) is 2.16. The summed E-state index contributed by atoms with van der Waals surface area (Å²) in [6.45, 7) is 0. The van der Waals surface area contributed by atoms with Gasteiger partial charge in [-0.15, -0.1) is 0 Å². The van der Waals surface area contributed by atoms with Crippen molar-refractivity contribution in [3.05, 3.63) is 36.2 Å². The van der Waals surface area contributed by atoms with Gasteiger partial charge in [0.2, 0.25) is 5.91 Å². The molecule has 4 heteroatoms. The second kappa shape index (κ2) is 5.46. The van der Waals surface area contributed by atoms with Crippen LogP contribution in [0.2, 0.25) is 0 Å². The second-order valence-electron chi connectivity index (χ2n) is 4.48. The number of carbonyl (C=O) groups excluding carboxylic acids is 1. The molecule has 0 spiro atoms. The molecule has 1 heterocycles. The van der Waals surface area contributed by atoms with Crippen molar-refractivity contribution in [1.29, 1.82) is 5.26 Å². The molecule has 4 nitrogen and oxygen atoms in total. The maximum atomic E-state index is 11.8. The van der Waals surface area contributed by atoms with Crippen LogP contribution in [0.4, 0.5) is 0 Å². The molecule has 0 aliphatic heterocycles. The van der Waals surface area contributed by atoms with Crippen molar-refractivity contribution >= 4 is 12.0 Å². The molecule has 2 rings (SSSR count). The lowest BCUT2D eigenvalue weighted by molar-refractivity contribution is -0.117. The Labute approximate surface area is 106 Å². The van der Waals surface area contributed by atoms with Crippen molar-refractivity contribution in [3.8, 4) is 6.07 Å². The molecule has 1 saturated carbocycles. The van der Waals surface area contributed by atoms with E-state index in [-0.39, 0.29) is 5.91 Å². The number of aromatic nitrogens is 1. The van der Waals surface area contributed by atoms with E-state index in [4.69, 9.17) is 5.26 Å². The van der Waals surface area contributed by atoms with Crippen LogP contribution in [0.1, 0.15) is 31.4 Å². The van der Waals surface area contributed by atoms with Crippen LogP contribution < -0.4 is 5.32 Å². The van der Waals surface area contributed by atoms with Crippen LogP contribution in [-0.4, -0.2) is 16.4 Å². The molecular weight excluding hydrogens is 226 g/mol. The van der Waals surface area contributed by atoms with Crippen LogP contribution in [0.25, 0.3) is 6.08 Å². The molecule has 18 heavy (non-hydrogen) atoms. The fraction of sp³-hybridized carbons (Fsp3) is 0.357. The molecule has 1 amide bonds. The minimum atomic E-state index is -0.661. The first-order valence-corrected chi connectivity index (χ1v) is 6.07. The summed E-state index contributed by atoms with van der Waals surface area (Å²) in [5, 5.41) is 11.9. The molecular formula is C14H15N3O. The zero-order valence-corrected chi connectivity index (χ0v) is 10.1. The maximum absolute atomic E-state index is 11.8. The van der Waals surface area contributed by atoms with Crippen LogP contribution in [0.3, 0.4) is 0 Å². The van der Waals surface area contributed by atoms with E-state index in [0.717, 1.165) is 31.4 Å². The molecule has 1 aliphatic carbocycles. The summed E-state index contributed by atoms with van der Waals surface area (Å²) >= 11 is 0. The van der Waals surface area contributed by atoms with Gasteiger partial charge in [-0.2, -0.15) is 5.26 Å². The number of nitrogens with zero attached hydrogens (tertiary/aromatic N) is 2. The van der Waals surface area contributed by atoms with Gasteiger partial charge < -0.3 is 5.32 Å². The van der Waals surface area contributed by atoms with Gasteiger partial charge in [0.15, 0.2) is 0 Å². The molecule has 92 valence electrons. The SMILES string of the molecule is N#CC1(NC(=O)/C=C\c2ccccn2)CCCC1. The highest BCUT2D eigenvalue weighted by Gasteiger charge is 2.34. The average Bonchev–Trinajstić information content (AvgIpc) is 2.87. The molecule has 0 radical (unpaired) electrons. The molecule has 0 unspecified atom stereocenters. The molecule has 0 aromatic carbocycles. The summed E-state index contributed by atoms with van der Waals surface area (Å²) < 4.78 is 0. The highest BCUT2D eigenvalue weighted by Crippen LogP contribution is 2.28. The third-order valence-corrected chi connectivity index (χ3v) is 3.13. The number of amides is 1. The number of rotatable bonds is 3. The van der Waals surface area contributed by atoms with Gasteiger partial charge in [0.25, 0.3) is 0 Å². The van der Waals surface area contributed by atoms with Crippen LogP contribution in [-0.2, 0) is 4.79 Å². The number of hydrogen-bond acceptors (Lipinski definition) is 3. The second-order valence-corrected chi connectivity index (χ2v) is 4.48. The third-order valence-electron chi connectivity index (χ3n) is 3.13. The average molecular weight is 241 g/mol. The minimum Gasteiger partial charge on any atom is -0.334 e. The highest BCUT2D eigenvalue weighted by molar-refractivity contribution is 5.92. The van der Waals surface area contributed by atoms with E-state index in [2.05, 4.69) is 16.4 Å². The Hall–Kier alpha value is -2.15. The third kappa shape index (κ3) is 2.95. The van der Waals surface area contributed by atoms with Gasteiger partial charge in [-0.3, -0.25) is 9.78 Å². The molecule has 1 N–H and O–H groups in total. The van der Waals surface area contributed by atoms with Gasteiger partial charge in [-0.25, -0.2) is 0 Å². The first-order valence-electron chi connectivity index (χ1n) is 6.07. The standard InChI is InChI=1S/C14H15N3O/c15-11-14(8-2-3-9-14)17-13(18)7-6-12-5-1-4-10-16-12/h1,4-7,10H,2-3,8-9H2,(H,17,18)/b7-6-. The lowest BCUT2D eigenvalue weighted by Gasteiger charge is -2.20. The van der Waals surface area contributed by atoms with Crippen molar-refractivity contribution in [2.75, 3.05) is 0 Å². The molecule has 1 aromatic heterocycles. The summed E-state index contributed by atoms with van der Waals surface area (Å²) in [6, 6.07) is 7.72. The van der Waals surface area contributed by atoms with Gasteiger partial charge >= 0.3 is 0 Å². The van der Waals surface area contributed by atoms with Crippen molar-refractivity contribution in [2.24, 2.45) is 0 Å². The summed E-state index contributed by atoms with van der Waals surface area (Å²) in [7, 11) is 0. The fourth-order valence-electron chi connectivity index (χ4n) is 2.16. The van der Waals surface area contributed by atoms with Crippen molar-refractivity contribution in [1.82, 2.24) is 10.3 Å². The van der Waals surface area contributed by atoms with Gasteiger partial charge in [0.1, 0.15) is 5.54 Å². The van der Waals surface area contributed by atoms with Gasteiger partial charge in [0.05, 0.1) is 11.8 Å². The smallest absolute Gasteiger partial charge is 0.245 e. The highest BCUT2D eigenvalue weighted by atomic mass is 16.1. The Bertz CT molecular complexity index is 482. The molecule has 1 aliphatic rings. The molecule has 1 fully saturated rings. The van der Waals surface area contributed by atoms with Crippen molar-refractivity contribution < 1.29 is 4.79 Å². The quantitative estimate of drug-likeness (QED) is 0.823. The van der Waals surface area contributed by atoms with Gasteiger partial charge in [0, 0.05) is 12.3 Å². The molecule has 0 atom stereocenters. The Balaban J connectivity index is 1.97. The molecule has 1 aromatic rings. The number of pyridine rings is 1. The van der Waals surface area contributed by atoms with Crippen molar-refractivity contribution in [3.63, 3.8) is 0 Å². The predicted molar refractivity (Wildman–Crippen MR) is 68.2 cm³/mol. The molecule has 0 saturated heterocycles. The topological polar surface area (TPSA) is 65.8 Å². The Kier molecular flexibility index (Phi) is 3.73. The van der Waals surface area contributed by atoms with E-state index < -0.39 is 5.54 Å². The zero-order chi connectivity index (χ0) is 12.8. The van der Waals surface area contributed by atoms with Crippen LogP contribution in [0.15, 0.2) is 30.5 Å². The summed E-state index contributed by atoms with van der Waals surface area (Å²) in [4.78, 5) is 15.8. The summed E-state index contributed by atoms with van der Waals surface area (Å²) in [5.74, 6) is -0.232. The van der Waals surface area contributed by atoms with E-state index in [1.54, 1.807) is 12.3 Å². The van der Waals surface area contributed by atoms with Crippen molar-refractivity contribution in [2.45, 2.75) is 31.2 Å². The number of nitriles is 1. The minimum absolute atomic E-state index is 0.232.